The lowest BCUT2D eigenvalue weighted by atomic mass is 9.78. The van der Waals surface area contributed by atoms with E-state index in [0.717, 1.165) is 33.1 Å². The number of hydrogen-bond donors (Lipinski definition) is 0. The quantitative estimate of drug-likeness (QED) is 0.555. The number of aromatic nitrogens is 2. The molecule has 0 amide bonds. The molecule has 2 aromatic carbocycles. The van der Waals surface area contributed by atoms with Gasteiger partial charge < -0.3 is 18.6 Å². The van der Waals surface area contributed by atoms with Gasteiger partial charge in [0.05, 0.1) is 33.6 Å². The molecule has 3 aromatic rings. The topological polar surface area (TPSA) is 54.7 Å². The van der Waals surface area contributed by atoms with Gasteiger partial charge in [-0.05, 0) is 90.9 Å². The molecule has 0 unspecified atom stereocenters. The average Bonchev–Trinajstić information content (AvgIpc) is 3.30. The highest BCUT2D eigenvalue weighted by atomic mass is 16.7. The lowest BCUT2D eigenvalue weighted by Gasteiger charge is -2.32. The zero-order valence-electron chi connectivity index (χ0n) is 21.7. The maximum absolute atomic E-state index is 6.23. The lowest BCUT2D eigenvalue weighted by molar-refractivity contribution is 0.00578. The largest absolute Gasteiger partial charge is 0.494 e. The highest BCUT2D eigenvalue weighted by molar-refractivity contribution is 6.62. The number of aryl methyl sites for hydroxylation is 1. The first kappa shape index (κ1) is 23.6. The van der Waals surface area contributed by atoms with Gasteiger partial charge in [-0.3, -0.25) is 0 Å². The van der Waals surface area contributed by atoms with Crippen LogP contribution in [-0.4, -0.2) is 46.4 Å². The molecular formula is C26H34B2N2O4. The van der Waals surface area contributed by atoms with Crippen molar-refractivity contribution < 1.29 is 18.6 Å². The van der Waals surface area contributed by atoms with Crippen LogP contribution >= 0.6 is 0 Å². The Labute approximate surface area is 203 Å². The zero-order valence-corrected chi connectivity index (χ0v) is 21.7. The second kappa shape index (κ2) is 7.44. The smallest absolute Gasteiger partial charge is 0.399 e. The molecule has 0 spiro atoms. The summed E-state index contributed by atoms with van der Waals surface area (Å²) in [6.07, 6.45) is 2.06. The van der Waals surface area contributed by atoms with Crippen molar-refractivity contribution in [2.75, 3.05) is 0 Å². The van der Waals surface area contributed by atoms with Crippen LogP contribution in [0.3, 0.4) is 0 Å². The van der Waals surface area contributed by atoms with E-state index in [0.29, 0.717) is 0 Å². The second-order valence-corrected chi connectivity index (χ2v) is 11.6. The molecule has 0 radical (unpaired) electrons. The van der Waals surface area contributed by atoms with Crippen molar-refractivity contribution in [1.29, 1.82) is 0 Å². The summed E-state index contributed by atoms with van der Waals surface area (Å²) in [4.78, 5) is 0. The van der Waals surface area contributed by atoms with E-state index in [1.165, 1.54) is 0 Å². The minimum atomic E-state index is -0.390. The number of nitrogens with zero attached hydrogens (tertiary/aromatic N) is 2. The zero-order chi connectivity index (χ0) is 24.7. The first-order valence-corrected chi connectivity index (χ1v) is 12.0. The Morgan fingerprint density at radius 1 is 0.676 bits per heavy atom. The average molecular weight is 460 g/mol. The maximum Gasteiger partial charge on any atom is 0.494 e. The van der Waals surface area contributed by atoms with Gasteiger partial charge in [0.2, 0.25) is 0 Å². The minimum absolute atomic E-state index is 0.362. The van der Waals surface area contributed by atoms with E-state index >= 15 is 0 Å². The molecule has 178 valence electrons. The summed E-state index contributed by atoms with van der Waals surface area (Å²) in [5, 5.41) is 5.86. The Morgan fingerprint density at radius 2 is 1.15 bits per heavy atom. The maximum atomic E-state index is 6.23. The Kier molecular flexibility index (Phi) is 5.17. The summed E-state index contributed by atoms with van der Waals surface area (Å²) in [6, 6.07) is 12.4. The van der Waals surface area contributed by atoms with Crippen molar-refractivity contribution >= 4 is 36.1 Å². The van der Waals surface area contributed by atoms with Crippen molar-refractivity contribution in [2.45, 2.75) is 84.7 Å². The number of hydrogen-bond acceptors (Lipinski definition) is 5. The van der Waals surface area contributed by atoms with Crippen molar-refractivity contribution in [3.8, 4) is 5.69 Å². The third-order valence-electron chi connectivity index (χ3n) is 8.05. The first-order valence-electron chi connectivity index (χ1n) is 12.0. The van der Waals surface area contributed by atoms with Gasteiger partial charge in [0.15, 0.2) is 0 Å². The van der Waals surface area contributed by atoms with Crippen molar-refractivity contribution in [2.24, 2.45) is 0 Å². The molecule has 0 saturated carbocycles. The van der Waals surface area contributed by atoms with Crippen LogP contribution < -0.4 is 10.9 Å². The third-order valence-corrected chi connectivity index (χ3v) is 8.05. The molecule has 0 atom stereocenters. The van der Waals surface area contributed by atoms with E-state index in [9.17, 15) is 0 Å². The Hall–Kier alpha value is -2.12. The molecule has 2 aliphatic rings. The molecule has 6 nitrogen and oxygen atoms in total. The summed E-state index contributed by atoms with van der Waals surface area (Å²) >= 11 is 0. The molecule has 0 N–H and O–H groups in total. The van der Waals surface area contributed by atoms with Crippen LogP contribution in [-0.2, 0) is 18.6 Å². The van der Waals surface area contributed by atoms with Gasteiger partial charge in [-0.25, -0.2) is 4.68 Å². The van der Waals surface area contributed by atoms with Crippen LogP contribution in [0.4, 0.5) is 0 Å². The second-order valence-electron chi connectivity index (χ2n) is 11.6. The van der Waals surface area contributed by atoms with E-state index in [2.05, 4.69) is 92.8 Å². The molecule has 1 aromatic heterocycles. The molecule has 2 aliphatic heterocycles. The fraction of sp³-hybridized carbons (Fsp3) is 0.500. The molecular weight excluding hydrogens is 426 g/mol. The molecule has 2 saturated heterocycles. The first-order chi connectivity index (χ1) is 15.7. The predicted molar refractivity (Wildman–Crippen MR) is 137 cm³/mol. The summed E-state index contributed by atoms with van der Waals surface area (Å²) in [5.41, 5.74) is 3.60. The van der Waals surface area contributed by atoms with Gasteiger partial charge in [-0.1, -0.05) is 24.3 Å². The van der Waals surface area contributed by atoms with Gasteiger partial charge in [-0.2, -0.15) is 5.10 Å². The van der Waals surface area contributed by atoms with E-state index in [1.807, 2.05) is 16.8 Å². The Bertz CT molecular complexity index is 1230. The third kappa shape index (κ3) is 3.72. The van der Waals surface area contributed by atoms with E-state index < -0.39 is 7.12 Å². The van der Waals surface area contributed by atoms with E-state index in [1.54, 1.807) is 0 Å². The molecule has 0 bridgehead atoms. The van der Waals surface area contributed by atoms with Crippen molar-refractivity contribution in [1.82, 2.24) is 9.78 Å². The summed E-state index contributed by atoms with van der Waals surface area (Å²) < 4.78 is 26.8. The fourth-order valence-electron chi connectivity index (χ4n) is 4.35. The van der Waals surface area contributed by atoms with Gasteiger partial charge in [0, 0.05) is 11.6 Å². The van der Waals surface area contributed by atoms with Crippen LogP contribution in [0.5, 0.6) is 0 Å². The molecule has 3 heterocycles. The number of rotatable bonds is 3. The van der Waals surface area contributed by atoms with Gasteiger partial charge >= 0.3 is 14.2 Å². The monoisotopic (exact) mass is 460 g/mol. The normalized spacial score (nSPS) is 22.6. The Morgan fingerprint density at radius 3 is 1.65 bits per heavy atom. The van der Waals surface area contributed by atoms with Crippen LogP contribution in [0.15, 0.2) is 42.6 Å². The predicted octanol–water partition coefficient (Wildman–Crippen LogP) is 3.93. The molecule has 8 heteroatoms. The Balaban J connectivity index is 1.42. The summed E-state index contributed by atoms with van der Waals surface area (Å²) in [7, 11) is -0.768. The summed E-state index contributed by atoms with van der Waals surface area (Å²) in [6.45, 7) is 18.6. The van der Waals surface area contributed by atoms with Crippen molar-refractivity contribution in [3.05, 3.63) is 48.2 Å². The number of fused-ring (bicyclic) bond motifs is 1. The van der Waals surface area contributed by atoms with Crippen LogP contribution in [0.2, 0.25) is 0 Å². The van der Waals surface area contributed by atoms with E-state index in [4.69, 9.17) is 23.7 Å². The standard InChI is InChI=1S/C26H34B2N2O4/c1-17-14-19(27-31-23(2,3)24(4,5)32-27)11-13-22(17)30-16-18-15-20(10-12-21(18)29-30)28-33-25(6,7)26(8,9)34-28/h10-16H,1-9H3. The molecule has 0 aliphatic carbocycles. The van der Waals surface area contributed by atoms with Crippen molar-refractivity contribution in [3.63, 3.8) is 0 Å². The highest BCUT2D eigenvalue weighted by Crippen LogP contribution is 2.37. The molecule has 2 fully saturated rings. The van der Waals surface area contributed by atoms with E-state index in [-0.39, 0.29) is 29.5 Å². The van der Waals surface area contributed by atoms with Crippen LogP contribution in [0, 0.1) is 6.92 Å². The van der Waals surface area contributed by atoms with Crippen LogP contribution in [0.1, 0.15) is 61.0 Å². The SMILES string of the molecule is Cc1cc(B2OC(C)(C)C(C)(C)O2)ccc1-n1cc2cc(B3OC(C)(C)C(C)(C)O3)ccc2n1. The van der Waals surface area contributed by atoms with Gasteiger partial charge in [0.1, 0.15) is 0 Å². The van der Waals surface area contributed by atoms with Crippen LogP contribution in [0.25, 0.3) is 16.6 Å². The summed E-state index contributed by atoms with van der Waals surface area (Å²) in [5.74, 6) is 0. The fourth-order valence-corrected chi connectivity index (χ4v) is 4.35. The van der Waals surface area contributed by atoms with Gasteiger partial charge in [-0.15, -0.1) is 0 Å². The lowest BCUT2D eigenvalue weighted by Crippen LogP contribution is -2.41. The minimum Gasteiger partial charge on any atom is -0.399 e. The molecule has 34 heavy (non-hydrogen) atoms. The van der Waals surface area contributed by atoms with Gasteiger partial charge in [0.25, 0.3) is 0 Å². The highest BCUT2D eigenvalue weighted by Gasteiger charge is 2.52. The number of benzene rings is 2. The molecule has 5 rings (SSSR count).